The van der Waals surface area contributed by atoms with E-state index in [2.05, 4.69) is 42.9 Å². The van der Waals surface area contributed by atoms with Crippen LogP contribution in [0.4, 0.5) is 0 Å². The van der Waals surface area contributed by atoms with Gasteiger partial charge in [-0.3, -0.25) is 4.68 Å². The van der Waals surface area contributed by atoms with Gasteiger partial charge >= 0.3 is 0 Å². The van der Waals surface area contributed by atoms with Crippen LogP contribution in [0.3, 0.4) is 0 Å². The van der Waals surface area contributed by atoms with E-state index in [0.717, 1.165) is 43.4 Å². The number of hydrogen-bond acceptors (Lipinski definition) is 5. The normalized spacial score (nSPS) is 18.0. The van der Waals surface area contributed by atoms with Gasteiger partial charge in [0.2, 0.25) is 0 Å². The van der Waals surface area contributed by atoms with Gasteiger partial charge in [-0.1, -0.05) is 24.9 Å². The fraction of sp³-hybridized carbons (Fsp3) is 0.688. The second-order valence-corrected chi connectivity index (χ2v) is 7.23. The first-order valence-electron chi connectivity index (χ1n) is 8.06. The second-order valence-electron chi connectivity index (χ2n) is 7.23. The van der Waals surface area contributed by atoms with Gasteiger partial charge in [-0.15, -0.1) is 0 Å². The van der Waals surface area contributed by atoms with Gasteiger partial charge in [0.05, 0.1) is 28.5 Å². The summed E-state index contributed by atoms with van der Waals surface area (Å²) < 4.78 is 7.53. The maximum atomic E-state index is 6.41. The van der Waals surface area contributed by atoms with E-state index < -0.39 is 5.54 Å². The Morgan fingerprint density at radius 1 is 1.32 bits per heavy atom. The summed E-state index contributed by atoms with van der Waals surface area (Å²) in [4.78, 5) is 4.58. The third-order valence-electron chi connectivity index (χ3n) is 4.44. The molecule has 22 heavy (non-hydrogen) atoms. The standard InChI is InChI=1S/C16H25N5O/c1-5-12-11(10-18-21(12)15(2,3)4)13-19-14(20-22-13)16(17)8-6-7-9-16/h10H,5-9,17H2,1-4H3. The maximum absolute atomic E-state index is 6.41. The Morgan fingerprint density at radius 2 is 2.00 bits per heavy atom. The molecule has 0 spiro atoms. The van der Waals surface area contributed by atoms with Crippen molar-refractivity contribution in [2.24, 2.45) is 5.73 Å². The van der Waals surface area contributed by atoms with Crippen molar-refractivity contribution in [1.29, 1.82) is 0 Å². The van der Waals surface area contributed by atoms with Gasteiger partial charge in [-0.05, 0) is 40.0 Å². The Hall–Kier alpha value is -1.69. The van der Waals surface area contributed by atoms with E-state index in [1.54, 1.807) is 0 Å². The van der Waals surface area contributed by atoms with E-state index in [1.165, 1.54) is 0 Å². The molecule has 0 radical (unpaired) electrons. The first-order chi connectivity index (χ1) is 10.3. The lowest BCUT2D eigenvalue weighted by atomic mass is 9.98. The Balaban J connectivity index is 1.99. The monoisotopic (exact) mass is 303 g/mol. The molecule has 0 saturated heterocycles. The van der Waals surface area contributed by atoms with E-state index >= 15 is 0 Å². The third kappa shape index (κ3) is 2.45. The zero-order valence-electron chi connectivity index (χ0n) is 13.9. The molecule has 0 amide bonds. The zero-order chi connectivity index (χ0) is 16.0. The molecule has 2 heterocycles. The maximum Gasteiger partial charge on any atom is 0.261 e. The van der Waals surface area contributed by atoms with Crippen LogP contribution in [0.15, 0.2) is 10.7 Å². The highest BCUT2D eigenvalue weighted by molar-refractivity contribution is 5.55. The molecule has 1 saturated carbocycles. The Kier molecular flexibility index (Phi) is 3.59. The van der Waals surface area contributed by atoms with Crippen molar-refractivity contribution in [2.45, 2.75) is 70.9 Å². The van der Waals surface area contributed by atoms with Crippen LogP contribution >= 0.6 is 0 Å². The van der Waals surface area contributed by atoms with Gasteiger partial charge in [0.25, 0.3) is 5.89 Å². The van der Waals surface area contributed by atoms with Crippen molar-refractivity contribution < 1.29 is 4.52 Å². The van der Waals surface area contributed by atoms with E-state index in [1.807, 2.05) is 10.9 Å². The van der Waals surface area contributed by atoms with Crippen LogP contribution in [0.25, 0.3) is 11.5 Å². The lowest BCUT2D eigenvalue weighted by Crippen LogP contribution is -2.34. The number of hydrogen-bond donors (Lipinski definition) is 1. The third-order valence-corrected chi connectivity index (χ3v) is 4.44. The summed E-state index contributed by atoms with van der Waals surface area (Å²) in [7, 11) is 0. The zero-order valence-corrected chi connectivity index (χ0v) is 13.9. The van der Waals surface area contributed by atoms with Crippen molar-refractivity contribution in [2.75, 3.05) is 0 Å². The van der Waals surface area contributed by atoms with E-state index in [-0.39, 0.29) is 5.54 Å². The first kappa shape index (κ1) is 15.2. The molecule has 2 aromatic rings. The summed E-state index contributed by atoms with van der Waals surface area (Å²) in [6.45, 7) is 8.52. The number of nitrogens with two attached hydrogens (primary N) is 1. The summed E-state index contributed by atoms with van der Waals surface area (Å²) in [6.07, 6.45) is 6.78. The minimum atomic E-state index is -0.422. The van der Waals surface area contributed by atoms with Crippen LogP contribution in [0.2, 0.25) is 0 Å². The van der Waals surface area contributed by atoms with Crippen LogP contribution in [0.5, 0.6) is 0 Å². The lowest BCUT2D eigenvalue weighted by molar-refractivity contribution is 0.344. The lowest BCUT2D eigenvalue weighted by Gasteiger charge is -2.22. The molecule has 6 heteroatoms. The average Bonchev–Trinajstić information content (AvgIpc) is 3.15. The summed E-state index contributed by atoms with van der Waals surface area (Å²) in [5, 5.41) is 8.66. The molecule has 1 fully saturated rings. The van der Waals surface area contributed by atoms with Crippen molar-refractivity contribution >= 4 is 0 Å². The summed E-state index contributed by atoms with van der Waals surface area (Å²) in [6, 6.07) is 0. The van der Waals surface area contributed by atoms with Gasteiger partial charge < -0.3 is 10.3 Å². The molecule has 3 rings (SSSR count). The van der Waals surface area contributed by atoms with Crippen LogP contribution in [-0.4, -0.2) is 19.9 Å². The van der Waals surface area contributed by atoms with Crippen LogP contribution in [-0.2, 0) is 17.5 Å². The molecule has 0 bridgehead atoms. The summed E-state index contributed by atoms with van der Waals surface area (Å²) in [5.41, 5.74) is 7.94. The molecule has 1 aliphatic carbocycles. The van der Waals surface area contributed by atoms with Gasteiger partial charge in [0.1, 0.15) is 0 Å². The Labute approximate surface area is 131 Å². The van der Waals surface area contributed by atoms with Crippen molar-refractivity contribution in [3.63, 3.8) is 0 Å². The molecule has 120 valence electrons. The highest BCUT2D eigenvalue weighted by Gasteiger charge is 2.36. The van der Waals surface area contributed by atoms with Crippen LogP contribution < -0.4 is 5.73 Å². The van der Waals surface area contributed by atoms with Gasteiger partial charge in [-0.2, -0.15) is 10.1 Å². The SMILES string of the molecule is CCc1c(-c2nc(C3(N)CCCC3)no2)cnn1C(C)(C)C. The predicted octanol–water partition coefficient (Wildman–Crippen LogP) is 2.98. The van der Waals surface area contributed by atoms with Crippen LogP contribution in [0, 0.1) is 0 Å². The Morgan fingerprint density at radius 3 is 2.59 bits per heavy atom. The van der Waals surface area contributed by atoms with Crippen molar-refractivity contribution in [1.82, 2.24) is 19.9 Å². The molecular formula is C16H25N5O. The minimum absolute atomic E-state index is 0.0764. The average molecular weight is 303 g/mol. The van der Waals surface area contributed by atoms with Gasteiger partial charge in [0, 0.05) is 0 Å². The Bertz CT molecular complexity index is 658. The predicted molar refractivity (Wildman–Crippen MR) is 84.2 cm³/mol. The first-order valence-corrected chi connectivity index (χ1v) is 8.06. The second kappa shape index (κ2) is 5.19. The molecular weight excluding hydrogens is 278 g/mol. The smallest absolute Gasteiger partial charge is 0.261 e. The molecule has 0 aromatic carbocycles. The van der Waals surface area contributed by atoms with E-state index in [9.17, 15) is 0 Å². The van der Waals surface area contributed by atoms with E-state index in [0.29, 0.717) is 11.7 Å². The van der Waals surface area contributed by atoms with Gasteiger partial charge in [-0.25, -0.2) is 0 Å². The highest BCUT2D eigenvalue weighted by atomic mass is 16.5. The fourth-order valence-corrected chi connectivity index (χ4v) is 3.24. The molecule has 6 nitrogen and oxygen atoms in total. The molecule has 0 aliphatic heterocycles. The molecule has 0 unspecified atom stereocenters. The molecule has 0 atom stereocenters. The quantitative estimate of drug-likeness (QED) is 0.942. The molecule has 2 N–H and O–H groups in total. The summed E-state index contributed by atoms with van der Waals surface area (Å²) >= 11 is 0. The largest absolute Gasteiger partial charge is 0.334 e. The fourth-order valence-electron chi connectivity index (χ4n) is 3.24. The number of rotatable bonds is 3. The number of aromatic nitrogens is 4. The molecule has 1 aliphatic rings. The van der Waals surface area contributed by atoms with Crippen molar-refractivity contribution in [3.8, 4) is 11.5 Å². The van der Waals surface area contributed by atoms with Gasteiger partial charge in [0.15, 0.2) is 5.82 Å². The highest BCUT2D eigenvalue weighted by Crippen LogP contribution is 2.36. The van der Waals surface area contributed by atoms with Crippen molar-refractivity contribution in [3.05, 3.63) is 17.7 Å². The number of nitrogens with zero attached hydrogens (tertiary/aromatic N) is 4. The minimum Gasteiger partial charge on any atom is -0.334 e. The topological polar surface area (TPSA) is 82.8 Å². The summed E-state index contributed by atoms with van der Waals surface area (Å²) in [5.74, 6) is 1.16. The van der Waals surface area contributed by atoms with E-state index in [4.69, 9.17) is 10.3 Å². The molecule has 2 aromatic heterocycles. The van der Waals surface area contributed by atoms with Crippen LogP contribution in [0.1, 0.15) is 64.9 Å².